The molecule has 1 aromatic carbocycles. The van der Waals surface area contributed by atoms with Crippen molar-refractivity contribution in [3.05, 3.63) is 29.8 Å². The van der Waals surface area contributed by atoms with E-state index in [2.05, 4.69) is 11.4 Å². The summed E-state index contributed by atoms with van der Waals surface area (Å²) in [4.78, 5) is 11.5. The molecule has 0 bridgehead atoms. The summed E-state index contributed by atoms with van der Waals surface area (Å²) in [5.74, 6) is 0.275. The molecule has 14 heavy (non-hydrogen) atoms. The summed E-state index contributed by atoms with van der Waals surface area (Å²) >= 11 is 0. The van der Waals surface area contributed by atoms with Gasteiger partial charge in [-0.1, -0.05) is 32.5 Å². The topological polar surface area (TPSA) is 29.1 Å². The van der Waals surface area contributed by atoms with E-state index in [0.717, 1.165) is 18.5 Å². The first-order valence-electron chi connectivity index (χ1n) is 4.66. The van der Waals surface area contributed by atoms with Crippen molar-refractivity contribution in [2.75, 3.05) is 5.32 Å². The van der Waals surface area contributed by atoms with E-state index in [1.807, 2.05) is 25.1 Å². The molecule has 0 aromatic heterocycles. The molecule has 2 nitrogen and oxygen atoms in total. The van der Waals surface area contributed by atoms with Gasteiger partial charge in [0, 0.05) is 13.0 Å². The molecule has 0 spiro atoms. The van der Waals surface area contributed by atoms with E-state index in [9.17, 15) is 4.79 Å². The number of anilines is 1. The standard InChI is InChI=1S/C11H13NO.CH4.H2/c1-8-6-7-9-4-2-3-5-10(9)12-11(8)13;;/h2-5,8H,6-7H2,1H3,(H,12,13);1H4;1H. The van der Waals surface area contributed by atoms with Gasteiger partial charge in [0.05, 0.1) is 0 Å². The second kappa shape index (κ2) is 4.27. The lowest BCUT2D eigenvalue weighted by molar-refractivity contribution is -0.119. The molecule has 2 rings (SSSR count). The molecule has 1 aliphatic rings. The Morgan fingerprint density at radius 3 is 2.93 bits per heavy atom. The fourth-order valence-corrected chi connectivity index (χ4v) is 1.62. The molecule has 1 heterocycles. The van der Waals surface area contributed by atoms with Gasteiger partial charge in [-0.2, -0.15) is 0 Å². The highest BCUT2D eigenvalue weighted by molar-refractivity contribution is 5.93. The highest BCUT2D eigenvalue weighted by atomic mass is 16.1. The summed E-state index contributed by atoms with van der Waals surface area (Å²) in [6, 6.07) is 8.01. The maximum Gasteiger partial charge on any atom is 0.227 e. The minimum atomic E-state index is 0. The summed E-state index contributed by atoms with van der Waals surface area (Å²) in [6.45, 7) is 1.97. The number of hydrogen-bond donors (Lipinski definition) is 1. The average molecular weight is 193 g/mol. The van der Waals surface area contributed by atoms with Crippen LogP contribution in [0.1, 0.15) is 27.8 Å². The van der Waals surface area contributed by atoms with Gasteiger partial charge in [0.15, 0.2) is 0 Å². The smallest absolute Gasteiger partial charge is 0.227 e. The summed E-state index contributed by atoms with van der Waals surface area (Å²) < 4.78 is 0. The minimum absolute atomic E-state index is 0. The van der Waals surface area contributed by atoms with Crippen LogP contribution in [0.2, 0.25) is 0 Å². The van der Waals surface area contributed by atoms with Crippen molar-refractivity contribution in [1.29, 1.82) is 0 Å². The molecule has 1 amide bonds. The Balaban J connectivity index is 0.000000980. The number of benzene rings is 1. The largest absolute Gasteiger partial charge is 0.326 e. The lowest BCUT2D eigenvalue weighted by Gasteiger charge is -2.06. The molecule has 0 radical (unpaired) electrons. The van der Waals surface area contributed by atoms with Gasteiger partial charge in [0.2, 0.25) is 5.91 Å². The van der Waals surface area contributed by atoms with E-state index in [1.165, 1.54) is 5.56 Å². The number of hydrogen-bond acceptors (Lipinski definition) is 1. The molecule has 1 N–H and O–H groups in total. The van der Waals surface area contributed by atoms with Crippen LogP contribution in [0.25, 0.3) is 0 Å². The van der Waals surface area contributed by atoms with E-state index in [0.29, 0.717) is 0 Å². The number of fused-ring (bicyclic) bond motifs is 1. The van der Waals surface area contributed by atoms with Gasteiger partial charge in [-0.05, 0) is 24.5 Å². The predicted octanol–water partition coefficient (Wildman–Crippen LogP) is 3.09. The number of aryl methyl sites for hydroxylation is 1. The SMILES string of the molecule is C.CC1CCc2ccccc2NC1=O.[HH]. The first-order valence-corrected chi connectivity index (χ1v) is 4.66. The first kappa shape index (κ1) is 10.8. The Morgan fingerprint density at radius 1 is 1.43 bits per heavy atom. The third-order valence-electron chi connectivity index (χ3n) is 2.57. The number of carbonyl (C=O) groups excluding carboxylic acids is 1. The van der Waals surface area contributed by atoms with Gasteiger partial charge >= 0.3 is 0 Å². The fourth-order valence-electron chi connectivity index (χ4n) is 1.62. The number of rotatable bonds is 0. The van der Waals surface area contributed by atoms with Crippen molar-refractivity contribution in [3.63, 3.8) is 0 Å². The normalized spacial score (nSPS) is 20.1. The zero-order chi connectivity index (χ0) is 9.26. The van der Waals surface area contributed by atoms with E-state index in [4.69, 9.17) is 0 Å². The molecule has 0 aliphatic carbocycles. The third-order valence-corrected chi connectivity index (χ3v) is 2.57. The predicted molar refractivity (Wildman–Crippen MR) is 61.4 cm³/mol. The van der Waals surface area contributed by atoms with Crippen LogP contribution >= 0.6 is 0 Å². The van der Waals surface area contributed by atoms with Gasteiger partial charge in [0.1, 0.15) is 0 Å². The quantitative estimate of drug-likeness (QED) is 0.674. The average Bonchev–Trinajstić information content (AvgIpc) is 2.28. The molecule has 1 atom stereocenters. The van der Waals surface area contributed by atoms with Gasteiger partial charge < -0.3 is 5.32 Å². The number of amides is 1. The Kier molecular flexibility index (Phi) is 3.28. The summed E-state index contributed by atoms with van der Waals surface area (Å²) in [5, 5.41) is 2.93. The number of nitrogens with one attached hydrogen (secondary N) is 1. The minimum Gasteiger partial charge on any atom is -0.326 e. The second-order valence-electron chi connectivity index (χ2n) is 3.59. The first-order chi connectivity index (χ1) is 6.27. The van der Waals surface area contributed by atoms with Crippen LogP contribution in [-0.4, -0.2) is 5.91 Å². The van der Waals surface area contributed by atoms with E-state index >= 15 is 0 Å². The summed E-state index contributed by atoms with van der Waals surface area (Å²) in [7, 11) is 0. The number of para-hydroxylation sites is 1. The van der Waals surface area contributed by atoms with Crippen molar-refractivity contribution >= 4 is 11.6 Å². The highest BCUT2D eigenvalue weighted by Gasteiger charge is 2.18. The van der Waals surface area contributed by atoms with Crippen LogP contribution < -0.4 is 5.32 Å². The van der Waals surface area contributed by atoms with Gasteiger partial charge in [0.25, 0.3) is 0 Å². The Morgan fingerprint density at radius 2 is 2.14 bits per heavy atom. The van der Waals surface area contributed by atoms with Gasteiger partial charge in [-0.25, -0.2) is 0 Å². The Bertz CT molecular complexity index is 338. The Hall–Kier alpha value is -1.31. The van der Waals surface area contributed by atoms with Gasteiger partial charge in [-0.15, -0.1) is 0 Å². The van der Waals surface area contributed by atoms with Crippen LogP contribution in [-0.2, 0) is 11.2 Å². The number of carbonyl (C=O) groups is 1. The lowest BCUT2D eigenvalue weighted by atomic mass is 10.0. The maximum atomic E-state index is 11.5. The van der Waals surface area contributed by atoms with Crippen molar-refractivity contribution in [2.24, 2.45) is 5.92 Å². The van der Waals surface area contributed by atoms with Crippen LogP contribution in [0.15, 0.2) is 24.3 Å². The summed E-state index contributed by atoms with van der Waals surface area (Å²) in [5.41, 5.74) is 2.23. The maximum absolute atomic E-state index is 11.5. The van der Waals surface area contributed by atoms with Crippen LogP contribution in [0, 0.1) is 5.92 Å². The molecule has 0 saturated carbocycles. The highest BCUT2D eigenvalue weighted by Crippen LogP contribution is 2.23. The van der Waals surface area contributed by atoms with Gasteiger partial charge in [-0.3, -0.25) is 4.79 Å². The van der Waals surface area contributed by atoms with Crippen molar-refractivity contribution < 1.29 is 6.22 Å². The molecular formula is C12H19NO. The molecule has 1 unspecified atom stereocenters. The van der Waals surface area contributed by atoms with Crippen LogP contribution in [0.4, 0.5) is 5.69 Å². The molecule has 1 aromatic rings. The Labute approximate surface area is 86.8 Å². The molecule has 2 heteroatoms. The molecule has 78 valence electrons. The zero-order valence-electron chi connectivity index (χ0n) is 7.71. The van der Waals surface area contributed by atoms with E-state index in [-0.39, 0.29) is 20.7 Å². The van der Waals surface area contributed by atoms with E-state index < -0.39 is 0 Å². The summed E-state index contributed by atoms with van der Waals surface area (Å²) in [6.07, 6.45) is 1.94. The molecular weight excluding hydrogens is 174 g/mol. The molecule has 0 saturated heterocycles. The zero-order valence-corrected chi connectivity index (χ0v) is 7.71. The van der Waals surface area contributed by atoms with Crippen LogP contribution in [0.5, 0.6) is 0 Å². The molecule has 1 aliphatic heterocycles. The van der Waals surface area contributed by atoms with Crippen molar-refractivity contribution in [3.8, 4) is 0 Å². The fraction of sp³-hybridized carbons (Fsp3) is 0.417. The molecule has 0 fully saturated rings. The second-order valence-corrected chi connectivity index (χ2v) is 3.59. The van der Waals surface area contributed by atoms with Crippen molar-refractivity contribution in [1.82, 2.24) is 0 Å². The lowest BCUT2D eigenvalue weighted by Crippen LogP contribution is -2.18. The van der Waals surface area contributed by atoms with Crippen molar-refractivity contribution in [2.45, 2.75) is 27.2 Å². The third kappa shape index (κ3) is 1.95. The van der Waals surface area contributed by atoms with Crippen LogP contribution in [0.3, 0.4) is 0 Å². The van der Waals surface area contributed by atoms with E-state index in [1.54, 1.807) is 0 Å². The monoisotopic (exact) mass is 193 g/mol.